The topological polar surface area (TPSA) is 75.4 Å². The maximum atomic E-state index is 12.5. The van der Waals surface area contributed by atoms with Crippen molar-refractivity contribution in [1.29, 1.82) is 0 Å². The van der Waals surface area contributed by atoms with E-state index in [-0.39, 0.29) is 24.6 Å². The molecule has 21 heavy (non-hydrogen) atoms. The molecule has 1 aromatic carbocycles. The molecule has 8 heteroatoms. The van der Waals surface area contributed by atoms with Gasteiger partial charge in [-0.05, 0) is 11.6 Å². The van der Waals surface area contributed by atoms with Crippen LogP contribution in [0.2, 0.25) is 0 Å². The Bertz CT molecular complexity index is 715. The quantitative estimate of drug-likeness (QED) is 0.831. The lowest BCUT2D eigenvalue weighted by molar-refractivity contribution is 0.269. The summed E-state index contributed by atoms with van der Waals surface area (Å²) in [5, 5.41) is 12.8. The van der Waals surface area contributed by atoms with Crippen LogP contribution >= 0.6 is 15.9 Å². The van der Waals surface area contributed by atoms with Gasteiger partial charge in [0.1, 0.15) is 4.90 Å². The molecule has 0 aliphatic rings. The largest absolute Gasteiger partial charge is 0.394 e. The summed E-state index contributed by atoms with van der Waals surface area (Å²) in [6.07, 6.45) is 2.71. The molecule has 1 N–H and O–H groups in total. The van der Waals surface area contributed by atoms with Gasteiger partial charge in [0.15, 0.2) is 0 Å². The number of halogens is 1. The first-order valence-electron chi connectivity index (χ1n) is 6.28. The fraction of sp³-hybridized carbons (Fsp3) is 0.308. The van der Waals surface area contributed by atoms with E-state index in [1.807, 2.05) is 24.3 Å². The molecule has 0 unspecified atom stereocenters. The van der Waals surface area contributed by atoms with Gasteiger partial charge in [-0.3, -0.25) is 4.68 Å². The number of nitrogens with zero attached hydrogens (tertiary/aromatic N) is 3. The monoisotopic (exact) mass is 373 g/mol. The number of benzene rings is 1. The van der Waals surface area contributed by atoms with Gasteiger partial charge >= 0.3 is 0 Å². The highest BCUT2D eigenvalue weighted by molar-refractivity contribution is 9.10. The predicted octanol–water partition coefficient (Wildman–Crippen LogP) is 1.46. The molecule has 6 nitrogen and oxygen atoms in total. The van der Waals surface area contributed by atoms with E-state index in [1.165, 1.54) is 28.4 Å². The van der Waals surface area contributed by atoms with Crippen molar-refractivity contribution in [3.05, 3.63) is 46.7 Å². The van der Waals surface area contributed by atoms with Gasteiger partial charge in [-0.1, -0.05) is 34.1 Å². The first-order valence-corrected chi connectivity index (χ1v) is 8.51. The Hall–Kier alpha value is -1.22. The van der Waals surface area contributed by atoms with Crippen LogP contribution in [0.25, 0.3) is 0 Å². The molecular formula is C13H16BrN3O3S. The lowest BCUT2D eigenvalue weighted by Gasteiger charge is -2.16. The second-order valence-corrected chi connectivity index (χ2v) is 7.41. The first kappa shape index (κ1) is 16.2. The Balaban J connectivity index is 2.20. The summed E-state index contributed by atoms with van der Waals surface area (Å²) in [5.41, 5.74) is 0.881. The summed E-state index contributed by atoms with van der Waals surface area (Å²) in [6.45, 7) is 0.437. The molecule has 1 heterocycles. The van der Waals surface area contributed by atoms with Crippen molar-refractivity contribution in [2.75, 3.05) is 13.7 Å². The van der Waals surface area contributed by atoms with Crippen molar-refractivity contribution < 1.29 is 13.5 Å². The summed E-state index contributed by atoms with van der Waals surface area (Å²) in [5.74, 6) is 0. The molecule has 0 saturated heterocycles. The molecule has 0 spiro atoms. The molecule has 0 bridgehead atoms. The highest BCUT2D eigenvalue weighted by Gasteiger charge is 2.23. The summed E-state index contributed by atoms with van der Waals surface area (Å²) in [4.78, 5) is 0.116. The van der Waals surface area contributed by atoms with E-state index in [0.717, 1.165) is 10.0 Å². The van der Waals surface area contributed by atoms with Crippen LogP contribution in [0.4, 0.5) is 0 Å². The highest BCUT2D eigenvalue weighted by Crippen LogP contribution is 2.21. The predicted molar refractivity (Wildman–Crippen MR) is 82.1 cm³/mol. The minimum Gasteiger partial charge on any atom is -0.394 e. The number of aliphatic hydroxyl groups excluding tert-OH is 1. The van der Waals surface area contributed by atoms with E-state index in [1.54, 1.807) is 0 Å². The third kappa shape index (κ3) is 3.70. The number of hydrogen-bond acceptors (Lipinski definition) is 4. The summed E-state index contributed by atoms with van der Waals surface area (Å²) >= 11 is 3.41. The molecule has 0 radical (unpaired) electrons. The van der Waals surface area contributed by atoms with E-state index >= 15 is 0 Å². The third-order valence-corrected chi connectivity index (χ3v) is 5.53. The minimum absolute atomic E-state index is 0.0893. The van der Waals surface area contributed by atoms with Crippen LogP contribution in [-0.4, -0.2) is 41.3 Å². The van der Waals surface area contributed by atoms with Gasteiger partial charge in [0.05, 0.1) is 19.3 Å². The molecule has 0 amide bonds. The Morgan fingerprint density at radius 1 is 1.38 bits per heavy atom. The fourth-order valence-corrected chi connectivity index (χ4v) is 3.35. The third-order valence-electron chi connectivity index (χ3n) is 3.00. The van der Waals surface area contributed by atoms with Crippen LogP contribution in [0.1, 0.15) is 5.56 Å². The van der Waals surface area contributed by atoms with E-state index in [0.29, 0.717) is 0 Å². The number of aliphatic hydroxyl groups is 1. The summed E-state index contributed by atoms with van der Waals surface area (Å²) in [7, 11) is -2.08. The maximum Gasteiger partial charge on any atom is 0.246 e. The molecule has 114 valence electrons. The normalized spacial score (nSPS) is 12.0. The zero-order valence-corrected chi connectivity index (χ0v) is 13.9. The molecule has 0 saturated carbocycles. The zero-order chi connectivity index (χ0) is 15.5. The van der Waals surface area contributed by atoms with Crippen molar-refractivity contribution in [3.63, 3.8) is 0 Å². The second kappa shape index (κ2) is 6.69. The Morgan fingerprint density at radius 2 is 2.10 bits per heavy atom. The van der Waals surface area contributed by atoms with Gasteiger partial charge in [-0.25, -0.2) is 8.42 Å². The van der Waals surface area contributed by atoms with Crippen LogP contribution in [0, 0.1) is 0 Å². The Labute approximate surface area is 132 Å². The molecule has 0 atom stereocenters. The van der Waals surface area contributed by atoms with Crippen LogP contribution in [0.3, 0.4) is 0 Å². The van der Waals surface area contributed by atoms with Crippen LogP contribution in [0.5, 0.6) is 0 Å². The van der Waals surface area contributed by atoms with Gasteiger partial charge in [0.25, 0.3) is 0 Å². The zero-order valence-electron chi connectivity index (χ0n) is 11.5. The van der Waals surface area contributed by atoms with E-state index in [9.17, 15) is 8.42 Å². The lowest BCUT2D eigenvalue weighted by atomic mass is 10.2. The van der Waals surface area contributed by atoms with Gasteiger partial charge in [0, 0.05) is 24.3 Å². The van der Waals surface area contributed by atoms with E-state index in [4.69, 9.17) is 5.11 Å². The van der Waals surface area contributed by atoms with Gasteiger partial charge in [-0.15, -0.1) is 0 Å². The Kier molecular flexibility index (Phi) is 5.15. The van der Waals surface area contributed by atoms with Crippen LogP contribution in [-0.2, 0) is 23.1 Å². The van der Waals surface area contributed by atoms with Crippen LogP contribution in [0.15, 0.2) is 46.0 Å². The van der Waals surface area contributed by atoms with Crippen LogP contribution < -0.4 is 0 Å². The molecule has 2 rings (SSSR count). The second-order valence-electron chi connectivity index (χ2n) is 4.52. The molecule has 1 aromatic heterocycles. The number of hydrogen-bond donors (Lipinski definition) is 1. The van der Waals surface area contributed by atoms with Gasteiger partial charge in [-0.2, -0.15) is 9.40 Å². The number of rotatable bonds is 6. The highest BCUT2D eigenvalue weighted by atomic mass is 79.9. The number of sulfonamides is 1. The SMILES string of the molecule is CN(Cc1ccccc1Br)S(=O)(=O)c1cnn(CCO)c1. The molecule has 0 aliphatic carbocycles. The summed E-state index contributed by atoms with van der Waals surface area (Å²) in [6, 6.07) is 7.47. The average molecular weight is 374 g/mol. The average Bonchev–Trinajstić information content (AvgIpc) is 2.91. The van der Waals surface area contributed by atoms with Gasteiger partial charge < -0.3 is 5.11 Å². The van der Waals surface area contributed by atoms with Crippen molar-refractivity contribution >= 4 is 26.0 Å². The van der Waals surface area contributed by atoms with E-state index < -0.39 is 10.0 Å². The molecular weight excluding hydrogens is 358 g/mol. The standard InChI is InChI=1S/C13H16BrN3O3S/c1-16(9-11-4-2-3-5-13(11)14)21(19,20)12-8-15-17(10-12)6-7-18/h2-5,8,10,18H,6-7,9H2,1H3. The molecule has 0 fully saturated rings. The smallest absolute Gasteiger partial charge is 0.246 e. The Morgan fingerprint density at radius 3 is 2.76 bits per heavy atom. The van der Waals surface area contributed by atoms with Crippen molar-refractivity contribution in [1.82, 2.24) is 14.1 Å². The molecule has 2 aromatic rings. The van der Waals surface area contributed by atoms with E-state index in [2.05, 4.69) is 21.0 Å². The maximum absolute atomic E-state index is 12.5. The van der Waals surface area contributed by atoms with Crippen molar-refractivity contribution in [3.8, 4) is 0 Å². The minimum atomic E-state index is -3.60. The molecule has 0 aliphatic heterocycles. The first-order chi connectivity index (χ1) is 9.95. The van der Waals surface area contributed by atoms with Gasteiger partial charge in [0.2, 0.25) is 10.0 Å². The van der Waals surface area contributed by atoms with Crippen molar-refractivity contribution in [2.45, 2.75) is 18.0 Å². The summed E-state index contributed by atoms with van der Waals surface area (Å²) < 4.78 is 28.5. The van der Waals surface area contributed by atoms with Crippen molar-refractivity contribution in [2.24, 2.45) is 0 Å². The fourth-order valence-electron chi connectivity index (χ4n) is 1.83. The number of aromatic nitrogens is 2. The lowest BCUT2D eigenvalue weighted by Crippen LogP contribution is -2.26.